The van der Waals surface area contributed by atoms with Gasteiger partial charge in [-0.25, -0.2) is 9.97 Å². The largest absolute Gasteiger partial charge is 0.434 e. The summed E-state index contributed by atoms with van der Waals surface area (Å²) in [4.78, 5) is 31.2. The molecule has 3 aromatic heterocycles. The number of primary amides is 1. The summed E-state index contributed by atoms with van der Waals surface area (Å²) in [6.45, 7) is 1.36. The molecule has 1 saturated carbocycles. The fourth-order valence-electron chi connectivity index (χ4n) is 6.78. The van der Waals surface area contributed by atoms with Crippen LogP contribution < -0.4 is 10.6 Å². The number of hydrogen-bond donors (Lipinski definition) is 1. The third kappa shape index (κ3) is 3.90. The van der Waals surface area contributed by atoms with Gasteiger partial charge in [-0.2, -0.15) is 18.2 Å². The van der Waals surface area contributed by atoms with Crippen molar-refractivity contribution in [3.05, 3.63) is 65.6 Å². The van der Waals surface area contributed by atoms with Crippen LogP contribution in [0, 0.1) is 17.5 Å². The molecule has 2 fully saturated rings. The monoisotopic (exact) mass is 563 g/mol. The average Bonchev–Trinajstić information content (AvgIpc) is 3.61. The van der Waals surface area contributed by atoms with E-state index in [1.54, 1.807) is 4.57 Å². The van der Waals surface area contributed by atoms with Gasteiger partial charge in [-0.15, -0.1) is 0 Å². The average molecular weight is 564 g/mol. The van der Waals surface area contributed by atoms with E-state index in [0.717, 1.165) is 50.3 Å². The Morgan fingerprint density at radius 1 is 1.12 bits per heavy atom. The fraction of sp³-hybridized carbons (Fsp3) is 0.393. The minimum Gasteiger partial charge on any atom is -0.368 e. The van der Waals surface area contributed by atoms with E-state index in [1.807, 2.05) is 6.07 Å². The summed E-state index contributed by atoms with van der Waals surface area (Å²) in [5.41, 5.74) is 8.32. The van der Waals surface area contributed by atoms with E-state index in [1.165, 1.54) is 42.3 Å². The maximum absolute atomic E-state index is 13.4. The molecule has 0 bridgehead atoms. The molecular weight excluding hydrogens is 539 g/mol. The van der Waals surface area contributed by atoms with Gasteiger partial charge in [-0.3, -0.25) is 14.3 Å². The molecule has 0 unspecified atom stereocenters. The normalized spacial score (nSPS) is 18.7. The van der Waals surface area contributed by atoms with Crippen LogP contribution in [0.15, 0.2) is 46.6 Å². The van der Waals surface area contributed by atoms with Crippen LogP contribution in [0.3, 0.4) is 0 Å². The Balaban J connectivity index is 1.18. The molecule has 0 radical (unpaired) electrons. The lowest BCUT2D eigenvalue weighted by atomic mass is 9.67. The number of anilines is 1. The van der Waals surface area contributed by atoms with Gasteiger partial charge in [-0.1, -0.05) is 23.9 Å². The van der Waals surface area contributed by atoms with Crippen LogP contribution in [-0.2, 0) is 29.4 Å². The summed E-state index contributed by atoms with van der Waals surface area (Å²) in [6.07, 6.45) is 3.22. The predicted molar refractivity (Wildman–Crippen MR) is 140 cm³/mol. The number of alkyl halides is 3. The lowest BCUT2D eigenvalue weighted by Gasteiger charge is -2.44. The van der Waals surface area contributed by atoms with Crippen molar-refractivity contribution < 1.29 is 18.0 Å². The highest BCUT2D eigenvalue weighted by Gasteiger charge is 2.64. The van der Waals surface area contributed by atoms with E-state index in [4.69, 9.17) is 10.7 Å². The first kappa shape index (κ1) is 25.1. The Bertz CT molecular complexity index is 1640. The number of halogens is 3. The van der Waals surface area contributed by atoms with Crippen molar-refractivity contribution in [1.82, 2.24) is 24.5 Å². The van der Waals surface area contributed by atoms with Crippen LogP contribution in [-0.4, -0.2) is 43.5 Å². The number of nitrogens with zero attached hydrogens (tertiary/aromatic N) is 6. The molecule has 7 rings (SSSR count). The number of rotatable bonds is 5. The number of hydrogen-bond acceptors (Lipinski definition) is 7. The molecule has 40 heavy (non-hydrogen) atoms. The number of aromatic nitrogens is 5. The van der Waals surface area contributed by atoms with Gasteiger partial charge in [0.25, 0.3) is 0 Å². The van der Waals surface area contributed by atoms with Crippen LogP contribution in [0.25, 0.3) is 11.3 Å². The Kier molecular flexibility index (Phi) is 5.55. The van der Waals surface area contributed by atoms with Gasteiger partial charge >= 0.3 is 6.18 Å². The van der Waals surface area contributed by atoms with Gasteiger partial charge in [0.2, 0.25) is 11.9 Å². The number of pyridine rings is 1. The van der Waals surface area contributed by atoms with Crippen LogP contribution in [0.1, 0.15) is 42.5 Å². The lowest BCUT2D eigenvalue weighted by molar-refractivity contribution is -0.143. The highest BCUT2D eigenvalue weighted by Crippen LogP contribution is 2.69. The van der Waals surface area contributed by atoms with Crippen LogP contribution in [0.4, 0.5) is 19.1 Å². The second-order valence-electron chi connectivity index (χ2n) is 10.8. The standard InChI is InChI=1S/C28H24F3N7OS/c29-28(30,31)22-19(6-3-11-33-22)40-21-15-34-24-23(35-21)36-25(38(24)16-20(32)39)37-12-9-26(10-13-37)14-17-4-1-2-5-18(17)27(26)7-8-27/h2-3,5-6,11,15H,7-10,12-14,16H2,(H2,32,39). The molecule has 1 saturated heterocycles. The highest BCUT2D eigenvalue weighted by atomic mass is 32.2. The zero-order valence-corrected chi connectivity index (χ0v) is 22.1. The second-order valence-corrected chi connectivity index (χ2v) is 11.9. The van der Waals surface area contributed by atoms with Gasteiger partial charge in [0.05, 0.1) is 6.20 Å². The summed E-state index contributed by atoms with van der Waals surface area (Å²) in [7, 11) is 0. The van der Waals surface area contributed by atoms with Crippen molar-refractivity contribution in [3.8, 4) is 0 Å². The molecule has 2 spiro atoms. The molecule has 204 valence electrons. The molecule has 1 amide bonds. The van der Waals surface area contributed by atoms with Gasteiger partial charge in [-0.05, 0) is 67.3 Å². The van der Waals surface area contributed by atoms with Crippen molar-refractivity contribution >= 4 is 34.9 Å². The molecule has 0 atom stereocenters. The second kappa shape index (κ2) is 8.83. The maximum Gasteiger partial charge on any atom is 0.434 e. The summed E-state index contributed by atoms with van der Waals surface area (Å²) in [5, 5.41) is 0.242. The van der Waals surface area contributed by atoms with E-state index in [2.05, 4.69) is 38.1 Å². The third-order valence-electron chi connectivity index (χ3n) is 8.66. The van der Waals surface area contributed by atoms with Crippen LogP contribution in [0.5, 0.6) is 0 Å². The predicted octanol–water partition coefficient (Wildman–Crippen LogP) is 4.35. The molecule has 12 heteroatoms. The number of fused-ring (bicyclic) bond motifs is 4. The quantitative estimate of drug-likeness (QED) is 0.385. The Labute approximate surface area is 232 Å². The van der Waals surface area contributed by atoms with Gasteiger partial charge in [0, 0.05) is 35.2 Å². The molecule has 1 aliphatic heterocycles. The van der Waals surface area contributed by atoms with E-state index in [9.17, 15) is 18.0 Å². The number of imidazole rings is 1. The Hall–Kier alpha value is -3.85. The molecule has 8 nitrogen and oxygen atoms in total. The molecule has 2 aliphatic carbocycles. The Morgan fingerprint density at radius 2 is 1.93 bits per heavy atom. The van der Waals surface area contributed by atoms with Crippen molar-refractivity contribution in [2.75, 3.05) is 18.0 Å². The molecule has 4 aromatic rings. The van der Waals surface area contributed by atoms with E-state index < -0.39 is 17.8 Å². The number of carbonyl (C=O) groups excluding carboxylic acids is 1. The van der Waals surface area contributed by atoms with Gasteiger partial charge in [0.1, 0.15) is 11.6 Å². The lowest BCUT2D eigenvalue weighted by Crippen LogP contribution is -2.46. The maximum atomic E-state index is 13.4. The number of amides is 1. The molecule has 4 heterocycles. The van der Waals surface area contributed by atoms with Crippen molar-refractivity contribution in [2.45, 2.75) is 60.2 Å². The van der Waals surface area contributed by atoms with Crippen molar-refractivity contribution in [2.24, 2.45) is 11.1 Å². The first-order chi connectivity index (χ1) is 19.2. The summed E-state index contributed by atoms with van der Waals surface area (Å²) in [6, 6.07) is 13.4. The third-order valence-corrected chi connectivity index (χ3v) is 9.62. The summed E-state index contributed by atoms with van der Waals surface area (Å²) in [5.74, 6) is -0.00200. The SMILES string of the molecule is NC(=O)Cn1c(N2CCC3(CC2)Cc2c#cccc2C32CC2)nc2nc(Sc3cccnc3C(F)(F)F)cnc21. The smallest absolute Gasteiger partial charge is 0.368 e. The van der Waals surface area contributed by atoms with Crippen molar-refractivity contribution in [3.63, 3.8) is 0 Å². The topological polar surface area (TPSA) is 103 Å². The molecular formula is C28H24F3N7OS. The first-order valence-corrected chi connectivity index (χ1v) is 13.9. The van der Waals surface area contributed by atoms with E-state index >= 15 is 0 Å². The number of nitrogens with two attached hydrogens (primary N) is 1. The molecule has 1 aromatic carbocycles. The zero-order chi connectivity index (χ0) is 27.7. The van der Waals surface area contributed by atoms with Gasteiger partial charge < -0.3 is 10.6 Å². The van der Waals surface area contributed by atoms with Crippen molar-refractivity contribution in [1.29, 1.82) is 0 Å². The van der Waals surface area contributed by atoms with Crippen LogP contribution >= 0.6 is 11.8 Å². The van der Waals surface area contributed by atoms with Gasteiger partial charge in [0.15, 0.2) is 17.0 Å². The minimum absolute atomic E-state index is 0.0804. The minimum atomic E-state index is -4.60. The summed E-state index contributed by atoms with van der Waals surface area (Å²) >= 11 is 0.818. The molecule has 2 N–H and O–H groups in total. The fourth-order valence-corrected chi connectivity index (χ4v) is 7.66. The van der Waals surface area contributed by atoms with Crippen LogP contribution in [0.2, 0.25) is 0 Å². The Morgan fingerprint density at radius 3 is 2.65 bits per heavy atom. The first-order valence-electron chi connectivity index (χ1n) is 13.1. The number of carbonyl (C=O) groups is 1. The molecule has 3 aliphatic rings. The number of piperidine rings is 1. The van der Waals surface area contributed by atoms with E-state index in [0.29, 0.717) is 11.6 Å². The summed E-state index contributed by atoms with van der Waals surface area (Å²) < 4.78 is 42.0. The van der Waals surface area contributed by atoms with E-state index in [-0.39, 0.29) is 32.9 Å². The zero-order valence-electron chi connectivity index (χ0n) is 21.3. The highest BCUT2D eigenvalue weighted by molar-refractivity contribution is 7.99.